The van der Waals surface area contributed by atoms with Crippen molar-refractivity contribution in [1.29, 1.82) is 0 Å². The number of nitrogens with one attached hydrogen (secondary N) is 2. The highest BCUT2D eigenvalue weighted by Gasteiger charge is 2.33. The molecule has 1 aliphatic heterocycles. The van der Waals surface area contributed by atoms with Crippen molar-refractivity contribution < 1.29 is 9.53 Å². The summed E-state index contributed by atoms with van der Waals surface area (Å²) in [7, 11) is 0. The summed E-state index contributed by atoms with van der Waals surface area (Å²) in [6, 6.07) is 7.97. The Kier molecular flexibility index (Phi) is 6.57. The fraction of sp³-hybridized carbons (Fsp3) is 0.619. The van der Waals surface area contributed by atoms with E-state index in [2.05, 4.69) is 58.8 Å². The van der Waals surface area contributed by atoms with E-state index in [1.807, 2.05) is 24.5 Å². The molecule has 2 heterocycles. The van der Waals surface area contributed by atoms with Gasteiger partial charge in [0.2, 0.25) is 0 Å². The van der Waals surface area contributed by atoms with Crippen LogP contribution in [0.3, 0.4) is 0 Å². The van der Waals surface area contributed by atoms with Gasteiger partial charge in [-0.25, -0.2) is 9.78 Å². The minimum Gasteiger partial charge on any atom is -0.373 e. The Morgan fingerprint density at radius 1 is 1.21 bits per heavy atom. The van der Waals surface area contributed by atoms with Crippen LogP contribution in [0, 0.1) is 0 Å². The van der Waals surface area contributed by atoms with Gasteiger partial charge >= 0.3 is 6.03 Å². The number of rotatable bonds is 7. The van der Waals surface area contributed by atoms with Crippen molar-refractivity contribution in [3.63, 3.8) is 0 Å². The van der Waals surface area contributed by atoms with E-state index in [1.54, 1.807) is 0 Å². The third-order valence-corrected chi connectivity index (χ3v) is 5.35. The molecule has 0 spiro atoms. The molecule has 2 N–H and O–H groups in total. The van der Waals surface area contributed by atoms with Crippen LogP contribution in [0.15, 0.2) is 30.6 Å². The summed E-state index contributed by atoms with van der Waals surface area (Å²) < 4.78 is 7.94. The van der Waals surface area contributed by atoms with Crippen molar-refractivity contribution in [2.45, 2.75) is 58.4 Å². The number of para-hydroxylation sites is 2. The van der Waals surface area contributed by atoms with E-state index in [0.29, 0.717) is 13.1 Å². The number of nitrogens with zero attached hydrogens (tertiary/aromatic N) is 3. The lowest BCUT2D eigenvalue weighted by Crippen LogP contribution is -2.59. The lowest BCUT2D eigenvalue weighted by Gasteiger charge is -2.45. The summed E-state index contributed by atoms with van der Waals surface area (Å²) in [5.41, 5.74) is 2.02. The molecule has 0 bridgehead atoms. The summed E-state index contributed by atoms with van der Waals surface area (Å²) in [5, 5.41) is 5.98. The molecule has 2 atom stereocenters. The van der Waals surface area contributed by atoms with Crippen molar-refractivity contribution in [3.8, 4) is 0 Å². The van der Waals surface area contributed by atoms with E-state index >= 15 is 0 Å². The van der Waals surface area contributed by atoms with E-state index in [0.717, 1.165) is 37.1 Å². The molecule has 2 aromatic rings. The zero-order valence-corrected chi connectivity index (χ0v) is 17.4. The molecule has 2 amide bonds. The number of carbonyl (C=O) groups is 1. The van der Waals surface area contributed by atoms with Gasteiger partial charge in [0, 0.05) is 38.3 Å². The SMILES string of the molecule is CC1CN(C(C)(C)CNC(=O)NCCCn2cnc3ccccc32)CC(C)O1. The van der Waals surface area contributed by atoms with Gasteiger partial charge in [-0.3, -0.25) is 4.90 Å². The van der Waals surface area contributed by atoms with Crippen LogP contribution in [0.25, 0.3) is 11.0 Å². The number of hydrogen-bond donors (Lipinski definition) is 2. The van der Waals surface area contributed by atoms with Gasteiger partial charge in [0.1, 0.15) is 0 Å². The Bertz CT molecular complexity index is 778. The molecular formula is C21H33N5O2. The maximum absolute atomic E-state index is 12.2. The van der Waals surface area contributed by atoms with Crippen LogP contribution < -0.4 is 10.6 Å². The van der Waals surface area contributed by atoms with E-state index in [9.17, 15) is 4.79 Å². The van der Waals surface area contributed by atoms with Crippen LogP contribution in [0.4, 0.5) is 4.79 Å². The molecule has 0 radical (unpaired) electrons. The molecule has 7 heteroatoms. The number of carbonyl (C=O) groups excluding carboxylic acids is 1. The zero-order chi connectivity index (χ0) is 20.1. The molecule has 1 fully saturated rings. The number of amides is 2. The van der Waals surface area contributed by atoms with Gasteiger partial charge in [-0.2, -0.15) is 0 Å². The number of fused-ring (bicyclic) bond motifs is 1. The molecule has 7 nitrogen and oxygen atoms in total. The fourth-order valence-corrected chi connectivity index (χ4v) is 3.78. The number of urea groups is 1. The molecule has 1 saturated heterocycles. The third kappa shape index (κ3) is 5.23. The highest BCUT2D eigenvalue weighted by Crippen LogP contribution is 2.20. The molecule has 28 heavy (non-hydrogen) atoms. The van der Waals surface area contributed by atoms with Crippen molar-refractivity contribution in [2.24, 2.45) is 0 Å². The zero-order valence-electron chi connectivity index (χ0n) is 17.4. The first-order valence-electron chi connectivity index (χ1n) is 10.2. The predicted octanol–water partition coefficient (Wildman–Crippen LogP) is 2.61. The Balaban J connectivity index is 1.38. The summed E-state index contributed by atoms with van der Waals surface area (Å²) >= 11 is 0. The Morgan fingerprint density at radius 3 is 2.68 bits per heavy atom. The fourth-order valence-electron chi connectivity index (χ4n) is 3.78. The minimum atomic E-state index is -0.113. The van der Waals surface area contributed by atoms with E-state index < -0.39 is 0 Å². The molecule has 1 aliphatic rings. The Labute approximate surface area is 167 Å². The van der Waals surface area contributed by atoms with Crippen molar-refractivity contribution in [1.82, 2.24) is 25.1 Å². The second-order valence-corrected chi connectivity index (χ2v) is 8.36. The van der Waals surface area contributed by atoms with Gasteiger partial charge < -0.3 is 19.9 Å². The first-order chi connectivity index (χ1) is 13.3. The molecule has 1 aromatic carbocycles. The highest BCUT2D eigenvalue weighted by atomic mass is 16.5. The van der Waals surface area contributed by atoms with Gasteiger partial charge in [-0.15, -0.1) is 0 Å². The van der Waals surface area contributed by atoms with E-state index in [4.69, 9.17) is 4.74 Å². The highest BCUT2D eigenvalue weighted by molar-refractivity contribution is 5.75. The molecule has 1 aromatic heterocycles. The number of aromatic nitrogens is 2. The second-order valence-electron chi connectivity index (χ2n) is 8.36. The van der Waals surface area contributed by atoms with E-state index in [1.165, 1.54) is 0 Å². The van der Waals surface area contributed by atoms with Crippen LogP contribution in [-0.4, -0.2) is 64.4 Å². The topological polar surface area (TPSA) is 71.4 Å². The number of aryl methyl sites for hydroxylation is 1. The summed E-state index contributed by atoms with van der Waals surface area (Å²) in [4.78, 5) is 19.0. The first kappa shape index (κ1) is 20.6. The predicted molar refractivity (Wildman–Crippen MR) is 111 cm³/mol. The lowest BCUT2D eigenvalue weighted by atomic mass is 10.0. The van der Waals surface area contributed by atoms with Crippen LogP contribution in [-0.2, 0) is 11.3 Å². The third-order valence-electron chi connectivity index (χ3n) is 5.35. The summed E-state index contributed by atoms with van der Waals surface area (Å²) in [5.74, 6) is 0. The van der Waals surface area contributed by atoms with Crippen LogP contribution in [0.2, 0.25) is 0 Å². The summed E-state index contributed by atoms with van der Waals surface area (Å²) in [6.07, 6.45) is 3.15. The number of morpholine rings is 1. The number of imidazole rings is 1. The molecule has 0 aliphatic carbocycles. The lowest BCUT2D eigenvalue weighted by molar-refractivity contribution is -0.0947. The largest absolute Gasteiger partial charge is 0.373 e. The first-order valence-corrected chi connectivity index (χ1v) is 10.2. The molecule has 3 rings (SSSR count). The van der Waals surface area contributed by atoms with Crippen LogP contribution in [0.5, 0.6) is 0 Å². The van der Waals surface area contributed by atoms with Crippen LogP contribution >= 0.6 is 0 Å². The average molecular weight is 388 g/mol. The van der Waals surface area contributed by atoms with Gasteiger partial charge in [-0.05, 0) is 46.2 Å². The molecule has 154 valence electrons. The maximum Gasteiger partial charge on any atom is 0.314 e. The van der Waals surface area contributed by atoms with Crippen molar-refractivity contribution in [3.05, 3.63) is 30.6 Å². The Morgan fingerprint density at radius 2 is 1.93 bits per heavy atom. The van der Waals surface area contributed by atoms with Gasteiger partial charge in [0.05, 0.1) is 29.6 Å². The molecule has 0 saturated carbocycles. The van der Waals surface area contributed by atoms with Gasteiger partial charge in [0.25, 0.3) is 0 Å². The number of ether oxygens (including phenoxy) is 1. The Hall–Kier alpha value is -2.12. The van der Waals surface area contributed by atoms with Gasteiger partial charge in [-0.1, -0.05) is 12.1 Å². The van der Waals surface area contributed by atoms with E-state index in [-0.39, 0.29) is 23.8 Å². The molecule has 2 unspecified atom stereocenters. The number of hydrogen-bond acceptors (Lipinski definition) is 4. The molecular weight excluding hydrogens is 354 g/mol. The average Bonchev–Trinajstić information content (AvgIpc) is 3.06. The second kappa shape index (κ2) is 8.92. The van der Waals surface area contributed by atoms with Crippen molar-refractivity contribution >= 4 is 17.1 Å². The van der Waals surface area contributed by atoms with Crippen molar-refractivity contribution in [2.75, 3.05) is 26.2 Å². The quantitative estimate of drug-likeness (QED) is 0.717. The number of benzene rings is 1. The maximum atomic E-state index is 12.2. The minimum absolute atomic E-state index is 0.112. The standard InChI is InChI=1S/C21H33N5O2/c1-16-12-26(13-17(2)28-16)21(3,4)14-23-20(27)22-10-7-11-25-15-24-18-8-5-6-9-19(18)25/h5-6,8-9,15-17H,7,10-14H2,1-4H3,(H2,22,23,27). The normalized spacial score (nSPS) is 21.0. The van der Waals surface area contributed by atoms with Crippen LogP contribution in [0.1, 0.15) is 34.1 Å². The smallest absolute Gasteiger partial charge is 0.314 e. The van der Waals surface area contributed by atoms with Gasteiger partial charge in [0.15, 0.2) is 0 Å². The monoisotopic (exact) mass is 387 g/mol. The summed E-state index contributed by atoms with van der Waals surface area (Å²) in [6.45, 7) is 12.4.